The zero-order chi connectivity index (χ0) is 30.3. The first-order valence-corrected chi connectivity index (χ1v) is 15.1. The third kappa shape index (κ3) is 8.82. The molecule has 226 valence electrons. The van der Waals surface area contributed by atoms with E-state index in [1.807, 2.05) is 65.0 Å². The van der Waals surface area contributed by atoms with E-state index in [4.69, 9.17) is 9.47 Å². The standard InChI is InChI=1S/C32H42FN5O3S/c1-31(2,3)41-30(39)32(4,5)42-27-13-7-24(8-14-27)22-38(19-20-40-6)29-21-28(34-23-35-29)37-17-15-36(16-18-37)26-11-9-25(33)10-12-26/h7-14,21,23H,15-20,22H2,1-6H3. The first-order valence-electron chi connectivity index (χ1n) is 14.3. The number of ether oxygens (including phenoxy) is 2. The second-order valence-electron chi connectivity index (χ2n) is 11.9. The summed E-state index contributed by atoms with van der Waals surface area (Å²) in [5, 5.41) is 0. The molecule has 1 aliphatic rings. The van der Waals surface area contributed by atoms with E-state index < -0.39 is 10.3 Å². The van der Waals surface area contributed by atoms with E-state index in [9.17, 15) is 9.18 Å². The molecule has 4 rings (SSSR count). The van der Waals surface area contributed by atoms with E-state index in [0.717, 1.165) is 54.0 Å². The molecule has 3 aromatic rings. The average Bonchev–Trinajstić information content (AvgIpc) is 2.96. The summed E-state index contributed by atoms with van der Waals surface area (Å²) in [4.78, 5) is 29.6. The van der Waals surface area contributed by atoms with Crippen LogP contribution in [-0.2, 0) is 20.8 Å². The highest BCUT2D eigenvalue weighted by Gasteiger charge is 2.33. The lowest BCUT2D eigenvalue weighted by molar-refractivity contribution is -0.156. The van der Waals surface area contributed by atoms with Crippen molar-refractivity contribution in [3.8, 4) is 0 Å². The molecule has 0 aliphatic carbocycles. The highest BCUT2D eigenvalue weighted by atomic mass is 32.2. The van der Waals surface area contributed by atoms with Gasteiger partial charge in [0.25, 0.3) is 0 Å². The number of rotatable bonds is 11. The molecule has 1 aliphatic heterocycles. The number of carbonyl (C=O) groups is 1. The van der Waals surface area contributed by atoms with Gasteiger partial charge >= 0.3 is 5.97 Å². The molecule has 1 fully saturated rings. The Labute approximate surface area is 253 Å². The molecule has 0 bridgehead atoms. The van der Waals surface area contributed by atoms with Crippen molar-refractivity contribution in [3.05, 3.63) is 72.3 Å². The molecule has 0 amide bonds. The van der Waals surface area contributed by atoms with Crippen LogP contribution in [-0.4, -0.2) is 72.7 Å². The van der Waals surface area contributed by atoms with Crippen LogP contribution in [0, 0.1) is 5.82 Å². The first kappa shape index (κ1) is 31.6. The van der Waals surface area contributed by atoms with Crippen molar-refractivity contribution in [2.24, 2.45) is 0 Å². The number of nitrogens with zero attached hydrogens (tertiary/aromatic N) is 5. The number of thioether (sulfide) groups is 1. The quantitative estimate of drug-likeness (QED) is 0.202. The molecule has 0 spiro atoms. The minimum Gasteiger partial charge on any atom is -0.459 e. The van der Waals surface area contributed by atoms with Gasteiger partial charge in [0.2, 0.25) is 0 Å². The van der Waals surface area contributed by atoms with Gasteiger partial charge in [-0.05, 0) is 76.6 Å². The number of methoxy groups -OCH3 is 1. The Bertz CT molecular complexity index is 1310. The number of halogens is 1. The first-order chi connectivity index (χ1) is 19.9. The third-order valence-electron chi connectivity index (χ3n) is 6.88. The fraction of sp³-hybridized carbons (Fsp3) is 0.469. The second-order valence-corrected chi connectivity index (χ2v) is 13.6. The van der Waals surface area contributed by atoms with Gasteiger partial charge < -0.3 is 24.2 Å². The number of carbonyl (C=O) groups excluding carboxylic acids is 1. The summed E-state index contributed by atoms with van der Waals surface area (Å²) in [6.45, 7) is 14.6. The van der Waals surface area contributed by atoms with Crippen molar-refractivity contribution in [1.82, 2.24) is 9.97 Å². The highest BCUT2D eigenvalue weighted by molar-refractivity contribution is 8.01. The Kier molecular flexibility index (Phi) is 10.3. The third-order valence-corrected chi connectivity index (χ3v) is 8.07. The molecule has 2 aromatic carbocycles. The van der Waals surface area contributed by atoms with E-state index in [-0.39, 0.29) is 11.8 Å². The van der Waals surface area contributed by atoms with Crippen molar-refractivity contribution in [2.75, 3.05) is 61.1 Å². The van der Waals surface area contributed by atoms with Gasteiger partial charge in [-0.3, -0.25) is 4.79 Å². The highest BCUT2D eigenvalue weighted by Crippen LogP contribution is 2.35. The minimum atomic E-state index is -0.707. The van der Waals surface area contributed by atoms with E-state index >= 15 is 0 Å². The SMILES string of the molecule is COCCN(Cc1ccc(SC(C)(C)C(=O)OC(C)(C)C)cc1)c1cc(N2CCN(c3ccc(F)cc3)CC2)ncn1. The van der Waals surface area contributed by atoms with Crippen LogP contribution in [0.2, 0.25) is 0 Å². The molecule has 1 saturated heterocycles. The predicted molar refractivity (Wildman–Crippen MR) is 168 cm³/mol. The topological polar surface area (TPSA) is 71.0 Å². The van der Waals surface area contributed by atoms with Crippen molar-refractivity contribution in [2.45, 2.75) is 56.4 Å². The number of benzene rings is 2. The van der Waals surface area contributed by atoms with Crippen LogP contribution in [0.25, 0.3) is 0 Å². The van der Waals surface area contributed by atoms with Gasteiger partial charge in [0, 0.05) is 63.0 Å². The predicted octanol–water partition coefficient (Wildman–Crippen LogP) is 5.81. The number of esters is 1. The molecule has 2 heterocycles. The van der Waals surface area contributed by atoms with Gasteiger partial charge in [-0.25, -0.2) is 14.4 Å². The zero-order valence-corrected chi connectivity index (χ0v) is 26.3. The summed E-state index contributed by atoms with van der Waals surface area (Å²) >= 11 is 1.50. The maximum Gasteiger partial charge on any atom is 0.322 e. The Morgan fingerprint density at radius 3 is 2.21 bits per heavy atom. The smallest absolute Gasteiger partial charge is 0.322 e. The Balaban J connectivity index is 1.41. The summed E-state index contributed by atoms with van der Waals surface area (Å²) in [5.74, 6) is 1.27. The monoisotopic (exact) mass is 595 g/mol. The maximum atomic E-state index is 13.3. The Morgan fingerprint density at radius 1 is 0.952 bits per heavy atom. The molecular formula is C32H42FN5O3S. The number of anilines is 3. The van der Waals surface area contributed by atoms with E-state index in [2.05, 4.69) is 36.8 Å². The Morgan fingerprint density at radius 2 is 1.60 bits per heavy atom. The molecule has 8 nitrogen and oxygen atoms in total. The van der Waals surface area contributed by atoms with Crippen molar-refractivity contribution < 1.29 is 18.7 Å². The van der Waals surface area contributed by atoms with Crippen molar-refractivity contribution in [3.63, 3.8) is 0 Å². The van der Waals surface area contributed by atoms with Crippen LogP contribution in [0.4, 0.5) is 21.7 Å². The van der Waals surface area contributed by atoms with Gasteiger partial charge in [-0.2, -0.15) is 0 Å². The van der Waals surface area contributed by atoms with Crippen LogP contribution >= 0.6 is 11.8 Å². The number of hydrogen-bond acceptors (Lipinski definition) is 9. The number of aromatic nitrogens is 2. The van der Waals surface area contributed by atoms with E-state index in [1.54, 1.807) is 13.4 Å². The molecule has 0 unspecified atom stereocenters. The normalized spacial score (nSPS) is 14.2. The zero-order valence-electron chi connectivity index (χ0n) is 25.5. The van der Waals surface area contributed by atoms with Crippen LogP contribution in [0.3, 0.4) is 0 Å². The fourth-order valence-electron chi connectivity index (χ4n) is 4.63. The summed E-state index contributed by atoms with van der Waals surface area (Å²) in [7, 11) is 1.70. The van der Waals surface area contributed by atoms with E-state index in [0.29, 0.717) is 19.7 Å². The maximum absolute atomic E-state index is 13.3. The number of piperazine rings is 1. The Hall–Kier alpha value is -3.37. The molecule has 0 N–H and O–H groups in total. The molecule has 0 radical (unpaired) electrons. The van der Waals surface area contributed by atoms with Gasteiger partial charge in [0.15, 0.2) is 0 Å². The molecule has 0 atom stereocenters. The van der Waals surface area contributed by atoms with Crippen LogP contribution < -0.4 is 14.7 Å². The van der Waals surface area contributed by atoms with Gasteiger partial charge in [0.1, 0.15) is 34.1 Å². The van der Waals surface area contributed by atoms with Crippen molar-refractivity contribution >= 4 is 35.1 Å². The van der Waals surface area contributed by atoms with E-state index in [1.165, 1.54) is 23.9 Å². The van der Waals surface area contributed by atoms with Crippen LogP contribution in [0.15, 0.2) is 65.8 Å². The summed E-state index contributed by atoms with van der Waals surface area (Å²) in [6.07, 6.45) is 1.62. The number of hydrogen-bond donors (Lipinski definition) is 0. The average molecular weight is 596 g/mol. The van der Waals surface area contributed by atoms with Gasteiger partial charge in [0.05, 0.1) is 6.61 Å². The van der Waals surface area contributed by atoms with Crippen LogP contribution in [0.1, 0.15) is 40.2 Å². The lowest BCUT2D eigenvalue weighted by atomic mass is 10.1. The summed E-state index contributed by atoms with van der Waals surface area (Å²) in [5.41, 5.74) is 1.63. The largest absolute Gasteiger partial charge is 0.459 e. The molecule has 1 aromatic heterocycles. The minimum absolute atomic E-state index is 0.221. The lowest BCUT2D eigenvalue weighted by Crippen LogP contribution is -2.46. The van der Waals surface area contributed by atoms with Gasteiger partial charge in [-0.1, -0.05) is 12.1 Å². The lowest BCUT2D eigenvalue weighted by Gasteiger charge is -2.37. The molecule has 42 heavy (non-hydrogen) atoms. The summed E-state index contributed by atoms with van der Waals surface area (Å²) < 4.78 is 23.6. The van der Waals surface area contributed by atoms with Crippen LogP contribution in [0.5, 0.6) is 0 Å². The molecular weight excluding hydrogens is 553 g/mol. The van der Waals surface area contributed by atoms with Gasteiger partial charge in [-0.15, -0.1) is 11.8 Å². The summed E-state index contributed by atoms with van der Waals surface area (Å²) in [6, 6.07) is 17.0. The fourth-order valence-corrected chi connectivity index (χ4v) is 5.61. The molecule has 10 heteroatoms. The molecule has 0 saturated carbocycles. The second kappa shape index (κ2) is 13.7. The van der Waals surface area contributed by atoms with Crippen molar-refractivity contribution in [1.29, 1.82) is 0 Å².